The van der Waals surface area contributed by atoms with Crippen LogP contribution in [0.15, 0.2) is 62.0 Å². The van der Waals surface area contributed by atoms with E-state index in [9.17, 15) is 0 Å². The fraction of sp³-hybridized carbons (Fsp3) is 0.565. The average Bonchev–Trinajstić information content (AvgIpc) is 3.05. The van der Waals surface area contributed by atoms with Crippen LogP contribution in [0.3, 0.4) is 0 Å². The van der Waals surface area contributed by atoms with Crippen LogP contribution >= 0.6 is 0 Å². The van der Waals surface area contributed by atoms with Gasteiger partial charge < -0.3 is 0 Å². The van der Waals surface area contributed by atoms with Gasteiger partial charge >= 0.3 is 0 Å². The van der Waals surface area contributed by atoms with E-state index in [2.05, 4.69) is 154 Å². The topological polar surface area (TPSA) is 129 Å². The molecular weight excluding hydrogens is 693 g/mol. The van der Waals surface area contributed by atoms with Gasteiger partial charge in [0.05, 0.1) is 22.8 Å². The van der Waals surface area contributed by atoms with Gasteiger partial charge in [-0.25, -0.2) is 29.9 Å². The molecule has 0 fully saturated rings. The zero-order valence-corrected chi connectivity index (χ0v) is 37.7. The Morgan fingerprint density at radius 2 is 0.482 bits per heavy atom. The van der Waals surface area contributed by atoms with E-state index in [1.165, 1.54) is 0 Å². The molecule has 0 bridgehead atoms. The Balaban J connectivity index is 0.000000672. The second-order valence-electron chi connectivity index (χ2n) is 19.1. The van der Waals surface area contributed by atoms with Gasteiger partial charge in [0.1, 0.15) is 17.5 Å². The van der Waals surface area contributed by atoms with Crippen LogP contribution < -0.4 is 0 Å². The van der Waals surface area contributed by atoms with Gasteiger partial charge in [-0.3, -0.25) is 19.9 Å². The summed E-state index contributed by atoms with van der Waals surface area (Å²) in [5, 5.41) is 0. The predicted octanol–water partition coefficient (Wildman–Crippen LogP) is 11.0. The van der Waals surface area contributed by atoms with E-state index >= 15 is 0 Å². The van der Waals surface area contributed by atoms with E-state index in [1.54, 1.807) is 12.4 Å². The average molecular weight is 767 g/mol. The predicted molar refractivity (Wildman–Crippen MR) is 234 cm³/mol. The molecular formula is C46H74N10. The standard InChI is InChI=1S/5C9H14N2.CH4/c2*1-7-5-11-8(6-10-7)9(2,3)4;3*1-7-5-10-8(11-6-7)9(2,3)4;/h5*5-6H,1-4H3;1H4. The van der Waals surface area contributed by atoms with Crippen LogP contribution in [0.4, 0.5) is 0 Å². The lowest BCUT2D eigenvalue weighted by Gasteiger charge is -2.16. The van der Waals surface area contributed by atoms with Crippen molar-refractivity contribution in [3.63, 3.8) is 0 Å². The molecule has 0 N–H and O–H groups in total. The number of aromatic nitrogens is 10. The van der Waals surface area contributed by atoms with Crippen molar-refractivity contribution in [2.24, 2.45) is 0 Å². The SMILES string of the molecule is C.Cc1cnc(C(C)(C)C)cn1.Cc1cnc(C(C)(C)C)cn1.Cc1cnc(C(C)(C)C)nc1.Cc1cnc(C(C)(C)C)nc1.Cc1cnc(C(C)(C)C)nc1. The van der Waals surface area contributed by atoms with Crippen LogP contribution in [0.25, 0.3) is 0 Å². The van der Waals surface area contributed by atoms with Crippen molar-refractivity contribution in [1.29, 1.82) is 0 Å². The van der Waals surface area contributed by atoms with Gasteiger partial charge in [-0.1, -0.05) is 111 Å². The highest BCUT2D eigenvalue weighted by molar-refractivity contribution is 5.12. The van der Waals surface area contributed by atoms with Crippen molar-refractivity contribution >= 4 is 0 Å². The zero-order chi connectivity index (χ0) is 42.4. The molecule has 0 aliphatic carbocycles. The summed E-state index contributed by atoms with van der Waals surface area (Å²) in [5.41, 5.74) is 7.77. The highest BCUT2D eigenvalue weighted by Crippen LogP contribution is 2.20. The van der Waals surface area contributed by atoms with Gasteiger partial charge in [-0.2, -0.15) is 0 Å². The van der Waals surface area contributed by atoms with E-state index < -0.39 is 0 Å². The fourth-order valence-corrected chi connectivity index (χ4v) is 3.90. The van der Waals surface area contributed by atoms with Crippen molar-refractivity contribution in [3.8, 4) is 0 Å². The third kappa shape index (κ3) is 20.4. The monoisotopic (exact) mass is 767 g/mol. The Labute approximate surface area is 340 Å². The molecule has 0 atom stereocenters. The molecule has 0 aliphatic heterocycles. The molecule has 0 spiro atoms. The third-order valence-corrected chi connectivity index (χ3v) is 7.45. The normalized spacial score (nSPS) is 11.4. The van der Waals surface area contributed by atoms with E-state index in [1.807, 2.05) is 84.2 Å². The molecule has 5 heterocycles. The molecule has 0 saturated heterocycles. The molecule has 10 heteroatoms. The molecule has 308 valence electrons. The van der Waals surface area contributed by atoms with Crippen LogP contribution in [0.5, 0.6) is 0 Å². The zero-order valence-electron chi connectivity index (χ0n) is 37.7. The van der Waals surface area contributed by atoms with Crippen molar-refractivity contribution < 1.29 is 0 Å². The van der Waals surface area contributed by atoms with Crippen LogP contribution in [-0.4, -0.2) is 49.8 Å². The third-order valence-electron chi connectivity index (χ3n) is 7.45. The van der Waals surface area contributed by atoms with Crippen molar-refractivity contribution in [1.82, 2.24) is 49.8 Å². The molecule has 56 heavy (non-hydrogen) atoms. The van der Waals surface area contributed by atoms with Crippen molar-refractivity contribution in [2.45, 2.75) is 173 Å². The van der Waals surface area contributed by atoms with E-state index in [4.69, 9.17) is 0 Å². The summed E-state index contributed by atoms with van der Waals surface area (Å²) in [6.45, 7) is 41.6. The summed E-state index contributed by atoms with van der Waals surface area (Å²) >= 11 is 0. The Morgan fingerprint density at radius 3 is 0.625 bits per heavy atom. The first-order valence-corrected chi connectivity index (χ1v) is 19.0. The molecule has 5 aromatic heterocycles. The molecule has 0 amide bonds. The van der Waals surface area contributed by atoms with E-state index in [0.717, 1.165) is 56.9 Å². The summed E-state index contributed by atoms with van der Waals surface area (Å²) < 4.78 is 0. The maximum atomic E-state index is 4.29. The van der Waals surface area contributed by atoms with Gasteiger partial charge in [0, 0.05) is 89.0 Å². The van der Waals surface area contributed by atoms with Crippen LogP contribution in [0, 0.1) is 34.6 Å². The summed E-state index contributed by atoms with van der Waals surface area (Å²) in [7, 11) is 0. The number of hydrogen-bond acceptors (Lipinski definition) is 10. The first kappa shape index (κ1) is 51.4. The van der Waals surface area contributed by atoms with Gasteiger partial charge in [0.25, 0.3) is 0 Å². The van der Waals surface area contributed by atoms with E-state index in [-0.39, 0.29) is 34.5 Å². The molecule has 0 unspecified atom stereocenters. The minimum atomic E-state index is 0. The summed E-state index contributed by atoms with van der Waals surface area (Å²) in [5.74, 6) is 2.72. The Morgan fingerprint density at radius 1 is 0.268 bits per heavy atom. The van der Waals surface area contributed by atoms with Crippen LogP contribution in [0.1, 0.15) is 168 Å². The molecule has 0 radical (unpaired) electrons. The lowest BCUT2D eigenvalue weighted by atomic mass is 9.93. The van der Waals surface area contributed by atoms with Gasteiger partial charge in [0.2, 0.25) is 0 Å². The molecule has 0 aliphatic rings. The summed E-state index contributed by atoms with van der Waals surface area (Å²) in [6, 6.07) is 0. The number of nitrogens with zero attached hydrogens (tertiary/aromatic N) is 10. The number of aryl methyl sites for hydroxylation is 5. The first-order valence-electron chi connectivity index (χ1n) is 19.0. The largest absolute Gasteiger partial charge is 0.258 e. The smallest absolute Gasteiger partial charge is 0.133 e. The second kappa shape index (κ2) is 21.6. The minimum absolute atomic E-state index is 0. The first-order chi connectivity index (χ1) is 25.0. The van der Waals surface area contributed by atoms with Crippen molar-refractivity contribution in [3.05, 3.63) is 119 Å². The Kier molecular flexibility index (Phi) is 19.9. The highest BCUT2D eigenvalue weighted by Gasteiger charge is 2.18. The van der Waals surface area contributed by atoms with Gasteiger partial charge in [-0.05, 0) is 51.3 Å². The van der Waals surface area contributed by atoms with Crippen molar-refractivity contribution in [2.75, 3.05) is 0 Å². The highest BCUT2D eigenvalue weighted by atomic mass is 14.9. The molecule has 5 rings (SSSR count). The summed E-state index contributed by atoms with van der Waals surface area (Å²) in [4.78, 5) is 42.4. The lowest BCUT2D eigenvalue weighted by molar-refractivity contribution is 0.544. The van der Waals surface area contributed by atoms with Crippen LogP contribution in [-0.2, 0) is 27.1 Å². The minimum Gasteiger partial charge on any atom is -0.258 e. The quantitative estimate of drug-likeness (QED) is 0.150. The van der Waals surface area contributed by atoms with Crippen LogP contribution in [0.2, 0.25) is 0 Å². The van der Waals surface area contributed by atoms with Gasteiger partial charge in [0.15, 0.2) is 0 Å². The lowest BCUT2D eigenvalue weighted by Crippen LogP contribution is -2.15. The number of hydrogen-bond donors (Lipinski definition) is 0. The molecule has 0 saturated carbocycles. The maximum absolute atomic E-state index is 4.29. The number of rotatable bonds is 0. The molecule has 5 aromatic rings. The van der Waals surface area contributed by atoms with Gasteiger partial charge in [-0.15, -0.1) is 0 Å². The Bertz CT molecular complexity index is 1480. The molecule has 0 aromatic carbocycles. The second-order valence-corrected chi connectivity index (χ2v) is 19.1. The fourth-order valence-electron chi connectivity index (χ4n) is 3.90. The Hall–Kier alpha value is -4.60. The summed E-state index contributed by atoms with van der Waals surface area (Å²) in [6.07, 6.45) is 18.4. The van der Waals surface area contributed by atoms with E-state index in [0.29, 0.717) is 0 Å². The maximum Gasteiger partial charge on any atom is 0.133 e. The molecule has 10 nitrogen and oxygen atoms in total.